The maximum absolute atomic E-state index is 13.7. The van der Waals surface area contributed by atoms with E-state index in [2.05, 4.69) is 30.4 Å². The van der Waals surface area contributed by atoms with Crippen molar-refractivity contribution in [3.05, 3.63) is 120 Å². The third kappa shape index (κ3) is 8.03. The number of benzene rings is 2. The molecule has 2 N–H and O–H groups in total. The first-order chi connectivity index (χ1) is 16.6. The molecule has 2 aromatic rings. The summed E-state index contributed by atoms with van der Waals surface area (Å²) in [4.78, 5) is 13.1. The van der Waals surface area contributed by atoms with E-state index in [1.165, 1.54) is 37.5 Å². The zero-order valence-corrected chi connectivity index (χ0v) is 19.2. The second-order valence-electron chi connectivity index (χ2n) is 7.32. The Kier molecular flexibility index (Phi) is 9.64. The molecular weight excluding hydrogens is 460 g/mol. The molecule has 0 aromatic heterocycles. The van der Waals surface area contributed by atoms with E-state index in [1.54, 1.807) is 18.2 Å². The van der Waals surface area contributed by atoms with Gasteiger partial charge in [-0.2, -0.15) is 13.2 Å². The van der Waals surface area contributed by atoms with Crippen LogP contribution in [0.2, 0.25) is 0 Å². The Bertz CT molecular complexity index is 1160. The first-order valence-corrected chi connectivity index (χ1v) is 10.5. The van der Waals surface area contributed by atoms with Crippen LogP contribution in [0.1, 0.15) is 27.9 Å². The van der Waals surface area contributed by atoms with Crippen LogP contribution in [0, 0.1) is 5.82 Å². The number of amides is 1. The lowest BCUT2D eigenvalue weighted by atomic mass is 10.0. The van der Waals surface area contributed by atoms with E-state index in [-0.39, 0.29) is 17.7 Å². The molecule has 0 fully saturated rings. The molecule has 0 bridgehead atoms. The molecule has 0 aliphatic carbocycles. The molecule has 8 heteroatoms. The fourth-order valence-electron chi connectivity index (χ4n) is 3.00. The molecule has 184 valence electrons. The third-order valence-electron chi connectivity index (χ3n) is 4.77. The molecular formula is C27H26F4N2O2. The van der Waals surface area contributed by atoms with E-state index >= 15 is 0 Å². The van der Waals surface area contributed by atoms with Crippen molar-refractivity contribution in [3.8, 4) is 0 Å². The zero-order chi connectivity index (χ0) is 26.0. The standard InChI is InChI=1S/C27H26F4N2O2/c1-5-7-9-22(13-10-18(3)35-4)32-26(34)23-14-11-20(27(29,30)31)17-25(23)33-24-15-12-21(28)16-19(24)8-6-2/h5-6,9-17,33H,1-3,7-8H2,4H3,(H,32,34)/b13-10-,22-9?. The lowest BCUT2D eigenvalue weighted by Crippen LogP contribution is -2.23. The van der Waals surface area contributed by atoms with E-state index in [9.17, 15) is 22.4 Å². The largest absolute Gasteiger partial charge is 0.497 e. The van der Waals surface area contributed by atoms with Crippen LogP contribution < -0.4 is 10.6 Å². The summed E-state index contributed by atoms with van der Waals surface area (Å²) in [6, 6.07) is 6.56. The number of anilines is 2. The minimum Gasteiger partial charge on any atom is -0.497 e. The minimum absolute atomic E-state index is 0.0460. The Morgan fingerprint density at radius 3 is 2.43 bits per heavy atom. The van der Waals surface area contributed by atoms with Gasteiger partial charge in [0.05, 0.1) is 23.9 Å². The molecule has 35 heavy (non-hydrogen) atoms. The van der Waals surface area contributed by atoms with Crippen molar-refractivity contribution in [1.29, 1.82) is 0 Å². The minimum atomic E-state index is -4.63. The number of methoxy groups -OCH3 is 1. The molecule has 0 saturated carbocycles. The summed E-state index contributed by atoms with van der Waals surface area (Å²) < 4.78 is 58.9. The molecule has 0 unspecified atom stereocenters. The van der Waals surface area contributed by atoms with Crippen molar-refractivity contribution in [2.24, 2.45) is 0 Å². The molecule has 4 nitrogen and oxygen atoms in total. The second-order valence-corrected chi connectivity index (χ2v) is 7.32. The number of alkyl halides is 3. The van der Waals surface area contributed by atoms with Gasteiger partial charge in [0.25, 0.3) is 5.91 Å². The molecule has 0 heterocycles. The van der Waals surface area contributed by atoms with Gasteiger partial charge >= 0.3 is 6.18 Å². The fourth-order valence-corrected chi connectivity index (χ4v) is 3.00. The number of ether oxygens (including phenoxy) is 1. The summed E-state index contributed by atoms with van der Waals surface area (Å²) in [6.45, 7) is 10.9. The molecule has 0 aliphatic rings. The summed E-state index contributed by atoms with van der Waals surface area (Å²) in [5.74, 6) is -0.820. The number of allylic oxidation sites excluding steroid dienone is 5. The number of rotatable bonds is 11. The number of nitrogens with one attached hydrogen (secondary N) is 2. The van der Waals surface area contributed by atoms with Gasteiger partial charge < -0.3 is 15.4 Å². The van der Waals surface area contributed by atoms with Gasteiger partial charge in [-0.25, -0.2) is 4.39 Å². The van der Waals surface area contributed by atoms with Crippen LogP contribution in [-0.4, -0.2) is 13.0 Å². The normalized spacial score (nSPS) is 11.7. The first kappa shape index (κ1) is 27.2. The van der Waals surface area contributed by atoms with Crippen LogP contribution in [0.15, 0.2) is 98.0 Å². The Hall–Kier alpha value is -4.07. The van der Waals surface area contributed by atoms with Gasteiger partial charge in [-0.05, 0) is 67.0 Å². The summed E-state index contributed by atoms with van der Waals surface area (Å²) >= 11 is 0. The maximum atomic E-state index is 13.7. The monoisotopic (exact) mass is 486 g/mol. The van der Waals surface area contributed by atoms with Gasteiger partial charge in [-0.15, -0.1) is 13.2 Å². The topological polar surface area (TPSA) is 50.4 Å². The smallest absolute Gasteiger partial charge is 0.416 e. The number of carbonyl (C=O) groups excluding carboxylic acids is 1. The lowest BCUT2D eigenvalue weighted by molar-refractivity contribution is -0.137. The molecule has 0 saturated heterocycles. The molecule has 0 radical (unpaired) electrons. The average Bonchev–Trinajstić information content (AvgIpc) is 2.81. The van der Waals surface area contributed by atoms with Crippen LogP contribution in [-0.2, 0) is 17.3 Å². The zero-order valence-electron chi connectivity index (χ0n) is 19.2. The van der Waals surface area contributed by atoms with Crippen LogP contribution in [0.25, 0.3) is 0 Å². The van der Waals surface area contributed by atoms with Gasteiger partial charge in [0.15, 0.2) is 0 Å². The molecule has 1 amide bonds. The number of halogens is 4. The predicted molar refractivity (Wildman–Crippen MR) is 131 cm³/mol. The molecule has 0 atom stereocenters. The van der Waals surface area contributed by atoms with Crippen molar-refractivity contribution in [3.63, 3.8) is 0 Å². The molecule has 0 aliphatic heterocycles. The van der Waals surface area contributed by atoms with Gasteiger partial charge in [0.2, 0.25) is 0 Å². The van der Waals surface area contributed by atoms with Crippen molar-refractivity contribution in [2.45, 2.75) is 19.0 Å². The highest BCUT2D eigenvalue weighted by molar-refractivity contribution is 6.01. The highest BCUT2D eigenvalue weighted by atomic mass is 19.4. The predicted octanol–water partition coefficient (Wildman–Crippen LogP) is 7.22. The highest BCUT2D eigenvalue weighted by Crippen LogP contribution is 2.34. The summed E-state index contributed by atoms with van der Waals surface area (Å²) in [5.41, 5.74) is 0.100. The maximum Gasteiger partial charge on any atom is 0.416 e. The first-order valence-electron chi connectivity index (χ1n) is 10.5. The van der Waals surface area contributed by atoms with E-state index in [1.807, 2.05) is 0 Å². The summed E-state index contributed by atoms with van der Waals surface area (Å²) in [7, 11) is 1.44. The van der Waals surface area contributed by atoms with Crippen molar-refractivity contribution >= 4 is 17.3 Å². The van der Waals surface area contributed by atoms with Crippen LogP contribution >= 0.6 is 0 Å². The van der Waals surface area contributed by atoms with Crippen molar-refractivity contribution in [1.82, 2.24) is 5.32 Å². The lowest BCUT2D eigenvalue weighted by Gasteiger charge is -2.17. The Morgan fingerprint density at radius 2 is 1.80 bits per heavy atom. The average molecular weight is 487 g/mol. The Labute approximate surface area is 202 Å². The van der Waals surface area contributed by atoms with E-state index < -0.39 is 23.5 Å². The van der Waals surface area contributed by atoms with Crippen molar-refractivity contribution in [2.75, 3.05) is 12.4 Å². The highest BCUT2D eigenvalue weighted by Gasteiger charge is 2.31. The quantitative estimate of drug-likeness (QED) is 0.153. The van der Waals surface area contributed by atoms with Crippen LogP contribution in [0.4, 0.5) is 28.9 Å². The van der Waals surface area contributed by atoms with E-state index in [0.29, 0.717) is 29.1 Å². The number of carbonyl (C=O) groups is 1. The fraction of sp³-hybridized carbons (Fsp3) is 0.148. The third-order valence-corrected chi connectivity index (χ3v) is 4.77. The van der Waals surface area contributed by atoms with Crippen LogP contribution in [0.5, 0.6) is 0 Å². The SMILES string of the molecule is C=CCC=C(/C=C\C(=C)OC)NC(=O)c1ccc(C(F)(F)F)cc1Nc1ccc(F)cc1CC=C. The summed E-state index contributed by atoms with van der Waals surface area (Å²) in [6.07, 6.45) is 3.97. The Morgan fingerprint density at radius 1 is 1.06 bits per heavy atom. The molecule has 2 rings (SSSR count). The van der Waals surface area contributed by atoms with Gasteiger partial charge in [0, 0.05) is 11.4 Å². The van der Waals surface area contributed by atoms with E-state index in [0.717, 1.165) is 18.2 Å². The number of hydrogen-bond donors (Lipinski definition) is 2. The van der Waals surface area contributed by atoms with Gasteiger partial charge in [0.1, 0.15) is 11.6 Å². The molecule has 2 aromatic carbocycles. The van der Waals surface area contributed by atoms with Gasteiger partial charge in [-0.1, -0.05) is 24.8 Å². The molecule has 0 spiro atoms. The van der Waals surface area contributed by atoms with E-state index in [4.69, 9.17) is 4.74 Å². The second kappa shape index (κ2) is 12.4. The Balaban J connectivity index is 2.50. The van der Waals surface area contributed by atoms with Crippen molar-refractivity contribution < 1.29 is 27.1 Å². The summed E-state index contributed by atoms with van der Waals surface area (Å²) in [5, 5.41) is 5.53. The van der Waals surface area contributed by atoms with Crippen LogP contribution in [0.3, 0.4) is 0 Å². The van der Waals surface area contributed by atoms with Gasteiger partial charge in [-0.3, -0.25) is 4.79 Å². The number of hydrogen-bond acceptors (Lipinski definition) is 3.